The lowest BCUT2D eigenvalue weighted by atomic mass is 9.99. The summed E-state index contributed by atoms with van der Waals surface area (Å²) in [6.45, 7) is 8.85. The lowest BCUT2D eigenvalue weighted by Gasteiger charge is -2.25. The molecule has 0 amide bonds. The molecule has 112 valence electrons. The molecular weight excluding hydrogens is 244 g/mol. The number of aryl methyl sites for hydroxylation is 2. The summed E-state index contributed by atoms with van der Waals surface area (Å²) in [4.78, 5) is 2.42. The van der Waals surface area contributed by atoms with Crippen LogP contribution < -0.4 is 10.2 Å². The van der Waals surface area contributed by atoms with E-state index in [1.165, 1.54) is 42.5 Å². The molecule has 20 heavy (non-hydrogen) atoms. The van der Waals surface area contributed by atoms with E-state index < -0.39 is 0 Å². The topological polar surface area (TPSA) is 15.3 Å². The van der Waals surface area contributed by atoms with Crippen molar-refractivity contribution < 1.29 is 0 Å². The Balaban J connectivity index is 1.89. The maximum absolute atomic E-state index is 3.66. The van der Waals surface area contributed by atoms with E-state index in [0.29, 0.717) is 0 Å². The third kappa shape index (κ3) is 3.99. The number of benzene rings is 1. The summed E-state index contributed by atoms with van der Waals surface area (Å²) in [5.74, 6) is 0.864. The molecule has 1 N–H and O–H groups in total. The largest absolute Gasteiger partial charge is 0.375 e. The van der Waals surface area contributed by atoms with Crippen molar-refractivity contribution in [2.45, 2.75) is 52.5 Å². The minimum atomic E-state index is 0.757. The van der Waals surface area contributed by atoms with Gasteiger partial charge in [-0.2, -0.15) is 0 Å². The zero-order chi connectivity index (χ0) is 14.5. The Morgan fingerprint density at radius 3 is 2.50 bits per heavy atom. The molecule has 2 rings (SSSR count). The summed E-state index contributed by atoms with van der Waals surface area (Å²) in [5.41, 5.74) is 4.08. The number of rotatable bonds is 6. The summed E-state index contributed by atoms with van der Waals surface area (Å²) < 4.78 is 0. The molecule has 2 nitrogen and oxygen atoms in total. The van der Waals surface area contributed by atoms with Gasteiger partial charge in [0.1, 0.15) is 0 Å². The second-order valence-electron chi connectivity index (χ2n) is 6.41. The quantitative estimate of drug-likeness (QED) is 0.846. The van der Waals surface area contributed by atoms with Crippen LogP contribution in [0.25, 0.3) is 0 Å². The summed E-state index contributed by atoms with van der Waals surface area (Å²) in [6, 6.07) is 7.59. The molecule has 0 aliphatic heterocycles. The molecule has 2 heteroatoms. The van der Waals surface area contributed by atoms with Gasteiger partial charge in [-0.3, -0.25) is 0 Å². The zero-order valence-corrected chi connectivity index (χ0v) is 13.6. The van der Waals surface area contributed by atoms with Crippen molar-refractivity contribution >= 4 is 5.69 Å². The van der Waals surface area contributed by atoms with Gasteiger partial charge >= 0.3 is 0 Å². The van der Waals surface area contributed by atoms with Crippen molar-refractivity contribution in [2.24, 2.45) is 5.92 Å². The number of nitrogens with one attached hydrogen (secondary N) is 1. The number of anilines is 1. The molecule has 1 saturated carbocycles. The van der Waals surface area contributed by atoms with E-state index in [-0.39, 0.29) is 0 Å². The number of nitrogens with zero attached hydrogens (tertiary/aromatic N) is 1. The third-order valence-corrected chi connectivity index (χ3v) is 4.61. The monoisotopic (exact) mass is 274 g/mol. The highest BCUT2D eigenvalue weighted by Crippen LogP contribution is 2.29. The standard InChI is InChI=1S/C18H30N2/c1-5-19-18-8-6-7-16(18)9-10-20(4)17-12-14(2)11-15(3)13-17/h11-13,16,18-19H,5-10H2,1-4H3. The van der Waals surface area contributed by atoms with Gasteiger partial charge in [0.2, 0.25) is 0 Å². The van der Waals surface area contributed by atoms with Crippen molar-refractivity contribution in [2.75, 3.05) is 25.0 Å². The van der Waals surface area contributed by atoms with Crippen LogP contribution in [-0.4, -0.2) is 26.2 Å². The summed E-state index contributed by atoms with van der Waals surface area (Å²) in [5, 5.41) is 3.66. The lowest BCUT2D eigenvalue weighted by molar-refractivity contribution is 0.388. The summed E-state index contributed by atoms with van der Waals surface area (Å²) in [7, 11) is 2.23. The molecular formula is C18H30N2. The first-order valence-corrected chi connectivity index (χ1v) is 8.13. The average Bonchev–Trinajstić information content (AvgIpc) is 2.83. The Hall–Kier alpha value is -1.02. The van der Waals surface area contributed by atoms with Crippen LogP contribution in [0.1, 0.15) is 43.7 Å². The smallest absolute Gasteiger partial charge is 0.0368 e. The van der Waals surface area contributed by atoms with Gasteiger partial charge in [-0.1, -0.05) is 19.4 Å². The van der Waals surface area contributed by atoms with E-state index in [2.05, 4.69) is 56.2 Å². The van der Waals surface area contributed by atoms with Gasteiger partial charge in [-0.25, -0.2) is 0 Å². The first-order chi connectivity index (χ1) is 9.60. The van der Waals surface area contributed by atoms with Crippen LogP contribution >= 0.6 is 0 Å². The van der Waals surface area contributed by atoms with Crippen LogP contribution in [0.5, 0.6) is 0 Å². The van der Waals surface area contributed by atoms with Gasteiger partial charge < -0.3 is 10.2 Å². The highest BCUT2D eigenvalue weighted by molar-refractivity contribution is 5.50. The molecule has 0 bridgehead atoms. The van der Waals surface area contributed by atoms with E-state index >= 15 is 0 Å². The summed E-state index contributed by atoms with van der Waals surface area (Å²) >= 11 is 0. The highest BCUT2D eigenvalue weighted by Gasteiger charge is 2.26. The Kier molecular flexibility index (Phi) is 5.47. The van der Waals surface area contributed by atoms with Gasteiger partial charge in [0.15, 0.2) is 0 Å². The molecule has 1 fully saturated rings. The second-order valence-corrected chi connectivity index (χ2v) is 6.41. The molecule has 1 aliphatic rings. The van der Waals surface area contributed by atoms with Crippen LogP contribution in [-0.2, 0) is 0 Å². The van der Waals surface area contributed by atoms with Crippen molar-refractivity contribution in [1.29, 1.82) is 0 Å². The van der Waals surface area contributed by atoms with Crippen molar-refractivity contribution in [3.63, 3.8) is 0 Å². The van der Waals surface area contributed by atoms with E-state index in [9.17, 15) is 0 Å². The Morgan fingerprint density at radius 1 is 1.15 bits per heavy atom. The van der Waals surface area contributed by atoms with E-state index in [4.69, 9.17) is 0 Å². The van der Waals surface area contributed by atoms with Gasteiger partial charge in [0, 0.05) is 25.3 Å². The van der Waals surface area contributed by atoms with E-state index in [1.807, 2.05) is 0 Å². The maximum atomic E-state index is 3.66. The number of hydrogen-bond donors (Lipinski definition) is 1. The molecule has 1 aromatic carbocycles. The van der Waals surface area contributed by atoms with Gasteiger partial charge in [0.05, 0.1) is 0 Å². The van der Waals surface area contributed by atoms with E-state index in [1.54, 1.807) is 0 Å². The fourth-order valence-corrected chi connectivity index (χ4v) is 3.57. The van der Waals surface area contributed by atoms with Gasteiger partial charge in [0.25, 0.3) is 0 Å². The van der Waals surface area contributed by atoms with Crippen molar-refractivity contribution in [1.82, 2.24) is 5.32 Å². The molecule has 2 unspecified atom stereocenters. The molecule has 1 aromatic rings. The Bertz CT molecular complexity index is 407. The molecule has 0 spiro atoms. The average molecular weight is 274 g/mol. The van der Waals surface area contributed by atoms with Crippen LogP contribution in [0.3, 0.4) is 0 Å². The minimum Gasteiger partial charge on any atom is -0.375 e. The first kappa shape index (κ1) is 15.4. The minimum absolute atomic E-state index is 0.757. The fraction of sp³-hybridized carbons (Fsp3) is 0.667. The highest BCUT2D eigenvalue weighted by atomic mass is 15.1. The normalized spacial score (nSPS) is 22.2. The zero-order valence-electron chi connectivity index (χ0n) is 13.6. The molecule has 0 aromatic heterocycles. The number of hydrogen-bond acceptors (Lipinski definition) is 2. The maximum Gasteiger partial charge on any atom is 0.0368 e. The summed E-state index contributed by atoms with van der Waals surface area (Å²) in [6.07, 6.45) is 5.47. The fourth-order valence-electron chi connectivity index (χ4n) is 3.57. The van der Waals surface area contributed by atoms with Crippen LogP contribution in [0.2, 0.25) is 0 Å². The SMILES string of the molecule is CCNC1CCCC1CCN(C)c1cc(C)cc(C)c1. The van der Waals surface area contributed by atoms with E-state index in [0.717, 1.165) is 25.0 Å². The predicted molar refractivity (Wildman–Crippen MR) is 88.6 cm³/mol. The lowest BCUT2D eigenvalue weighted by Crippen LogP contribution is -2.34. The predicted octanol–water partition coefficient (Wildman–Crippen LogP) is 3.91. The molecule has 0 saturated heterocycles. The Labute approximate surface area is 124 Å². The molecule has 0 radical (unpaired) electrons. The van der Waals surface area contributed by atoms with Gasteiger partial charge in [-0.15, -0.1) is 0 Å². The van der Waals surface area contributed by atoms with Gasteiger partial charge in [-0.05, 0) is 68.8 Å². The second kappa shape index (κ2) is 7.12. The molecule has 0 heterocycles. The first-order valence-electron chi connectivity index (χ1n) is 8.13. The third-order valence-electron chi connectivity index (χ3n) is 4.61. The van der Waals surface area contributed by atoms with Crippen molar-refractivity contribution in [3.05, 3.63) is 29.3 Å². The van der Waals surface area contributed by atoms with Crippen LogP contribution in [0, 0.1) is 19.8 Å². The molecule has 1 aliphatic carbocycles. The van der Waals surface area contributed by atoms with Crippen LogP contribution in [0.4, 0.5) is 5.69 Å². The Morgan fingerprint density at radius 2 is 1.85 bits per heavy atom. The van der Waals surface area contributed by atoms with Crippen molar-refractivity contribution in [3.8, 4) is 0 Å². The molecule has 2 atom stereocenters. The van der Waals surface area contributed by atoms with Crippen LogP contribution in [0.15, 0.2) is 18.2 Å².